The summed E-state index contributed by atoms with van der Waals surface area (Å²) in [5.74, 6) is 0.530. The van der Waals surface area contributed by atoms with E-state index in [4.69, 9.17) is 0 Å². The molecule has 0 aromatic carbocycles. The van der Waals surface area contributed by atoms with Crippen molar-refractivity contribution in [2.24, 2.45) is 5.92 Å². The van der Waals surface area contributed by atoms with Gasteiger partial charge in [0, 0.05) is 31.5 Å². The molecule has 0 heterocycles. The number of nitrogens with zero attached hydrogens (tertiary/aromatic N) is 1. The predicted octanol–water partition coefficient (Wildman–Crippen LogP) is 3.38. The molecule has 0 aliphatic rings. The predicted molar refractivity (Wildman–Crippen MR) is 73.3 cm³/mol. The summed E-state index contributed by atoms with van der Waals surface area (Å²) in [7, 11) is 2.12. The van der Waals surface area contributed by atoms with E-state index in [2.05, 4.69) is 51.2 Å². The second-order valence-electron chi connectivity index (χ2n) is 4.66. The smallest absolute Gasteiger partial charge is 0.0172 e. The van der Waals surface area contributed by atoms with Gasteiger partial charge in [-0.3, -0.25) is 0 Å². The van der Waals surface area contributed by atoms with Gasteiger partial charge in [0.1, 0.15) is 0 Å². The first-order valence-electron chi connectivity index (χ1n) is 6.30. The Balaban J connectivity index is 3.47. The number of allylic oxidation sites excluding steroid dienone is 2. The standard InChI is InChI=1S/C14H28N2/c1-7-13(4)16(6)11-9-8-10-15-14(5)12(2)3/h12,15H,4-5,7-11H2,1-3,6H3. The van der Waals surface area contributed by atoms with Crippen molar-refractivity contribution < 1.29 is 0 Å². The fourth-order valence-electron chi connectivity index (χ4n) is 1.36. The van der Waals surface area contributed by atoms with Crippen molar-refractivity contribution in [3.05, 3.63) is 24.6 Å². The molecule has 0 atom stereocenters. The van der Waals surface area contributed by atoms with Crippen molar-refractivity contribution in [3.63, 3.8) is 0 Å². The summed E-state index contributed by atoms with van der Waals surface area (Å²) in [5, 5.41) is 3.36. The quantitative estimate of drug-likeness (QED) is 0.604. The number of rotatable bonds is 9. The molecule has 0 saturated carbocycles. The van der Waals surface area contributed by atoms with Gasteiger partial charge in [-0.2, -0.15) is 0 Å². The zero-order valence-corrected chi connectivity index (χ0v) is 11.5. The molecule has 0 spiro atoms. The average Bonchev–Trinajstić information content (AvgIpc) is 2.26. The van der Waals surface area contributed by atoms with Gasteiger partial charge in [0.25, 0.3) is 0 Å². The molecular weight excluding hydrogens is 196 g/mol. The molecule has 0 unspecified atom stereocenters. The minimum absolute atomic E-state index is 0.530. The van der Waals surface area contributed by atoms with Crippen LogP contribution in [0.2, 0.25) is 0 Å². The number of hydrogen-bond donors (Lipinski definition) is 1. The van der Waals surface area contributed by atoms with E-state index in [9.17, 15) is 0 Å². The second-order valence-corrected chi connectivity index (χ2v) is 4.66. The highest BCUT2D eigenvalue weighted by molar-refractivity contribution is 4.94. The fraction of sp³-hybridized carbons (Fsp3) is 0.714. The maximum absolute atomic E-state index is 4.02. The van der Waals surface area contributed by atoms with E-state index in [1.165, 1.54) is 18.5 Å². The molecule has 0 radical (unpaired) electrons. The molecule has 1 N–H and O–H groups in total. The highest BCUT2D eigenvalue weighted by atomic mass is 15.1. The van der Waals surface area contributed by atoms with E-state index >= 15 is 0 Å². The van der Waals surface area contributed by atoms with Crippen LogP contribution in [-0.4, -0.2) is 25.0 Å². The molecule has 2 heteroatoms. The van der Waals surface area contributed by atoms with Crippen LogP contribution >= 0.6 is 0 Å². The Kier molecular flexibility index (Phi) is 7.78. The molecule has 0 bridgehead atoms. The van der Waals surface area contributed by atoms with Gasteiger partial charge in [-0.25, -0.2) is 0 Å². The molecule has 0 aliphatic heterocycles. The van der Waals surface area contributed by atoms with Crippen molar-refractivity contribution in [1.82, 2.24) is 10.2 Å². The average molecular weight is 224 g/mol. The first kappa shape index (κ1) is 15.1. The zero-order valence-electron chi connectivity index (χ0n) is 11.5. The number of nitrogens with one attached hydrogen (secondary N) is 1. The first-order chi connectivity index (χ1) is 7.49. The summed E-state index contributed by atoms with van der Waals surface area (Å²) >= 11 is 0. The molecule has 16 heavy (non-hydrogen) atoms. The van der Waals surface area contributed by atoms with Crippen LogP contribution < -0.4 is 5.32 Å². The summed E-state index contributed by atoms with van der Waals surface area (Å²) in [6, 6.07) is 0. The highest BCUT2D eigenvalue weighted by Gasteiger charge is 2.00. The Morgan fingerprint density at radius 1 is 1.25 bits per heavy atom. The Morgan fingerprint density at radius 3 is 2.38 bits per heavy atom. The lowest BCUT2D eigenvalue weighted by molar-refractivity contribution is 0.392. The SMILES string of the molecule is C=C(NCCCCN(C)C(=C)CC)C(C)C. The number of hydrogen-bond acceptors (Lipinski definition) is 2. The van der Waals surface area contributed by atoms with E-state index < -0.39 is 0 Å². The van der Waals surface area contributed by atoms with Gasteiger partial charge in [-0.15, -0.1) is 0 Å². The van der Waals surface area contributed by atoms with Crippen LogP contribution in [0.25, 0.3) is 0 Å². The Hall–Kier alpha value is -0.920. The van der Waals surface area contributed by atoms with Crippen LogP contribution in [0, 0.1) is 5.92 Å². The van der Waals surface area contributed by atoms with Crippen molar-refractivity contribution in [1.29, 1.82) is 0 Å². The van der Waals surface area contributed by atoms with Crippen LogP contribution in [0.15, 0.2) is 24.6 Å². The van der Waals surface area contributed by atoms with Gasteiger partial charge >= 0.3 is 0 Å². The van der Waals surface area contributed by atoms with Gasteiger partial charge in [0.05, 0.1) is 0 Å². The zero-order chi connectivity index (χ0) is 12.6. The lowest BCUT2D eigenvalue weighted by Gasteiger charge is -2.20. The van der Waals surface area contributed by atoms with Gasteiger partial charge in [-0.05, 0) is 25.2 Å². The maximum Gasteiger partial charge on any atom is 0.0172 e. The van der Waals surface area contributed by atoms with Crippen LogP contribution in [0.3, 0.4) is 0 Å². The van der Waals surface area contributed by atoms with Crippen LogP contribution in [0.4, 0.5) is 0 Å². The van der Waals surface area contributed by atoms with E-state index in [0.29, 0.717) is 5.92 Å². The summed E-state index contributed by atoms with van der Waals surface area (Å²) in [4.78, 5) is 2.25. The molecule has 0 rings (SSSR count). The summed E-state index contributed by atoms with van der Waals surface area (Å²) in [5.41, 5.74) is 2.37. The Labute approximate surface area is 101 Å². The molecule has 0 amide bonds. The molecule has 0 saturated heterocycles. The molecule has 2 nitrogen and oxygen atoms in total. The highest BCUT2D eigenvalue weighted by Crippen LogP contribution is 2.05. The van der Waals surface area contributed by atoms with Crippen LogP contribution in [0.5, 0.6) is 0 Å². The Morgan fingerprint density at radius 2 is 1.88 bits per heavy atom. The number of unbranched alkanes of at least 4 members (excludes halogenated alkanes) is 1. The molecule has 0 fully saturated rings. The van der Waals surface area contributed by atoms with E-state index in [1.807, 2.05) is 0 Å². The largest absolute Gasteiger partial charge is 0.389 e. The summed E-state index contributed by atoms with van der Waals surface area (Å²) < 4.78 is 0. The van der Waals surface area contributed by atoms with E-state index in [0.717, 1.165) is 25.2 Å². The van der Waals surface area contributed by atoms with Crippen LogP contribution in [0.1, 0.15) is 40.0 Å². The first-order valence-corrected chi connectivity index (χ1v) is 6.30. The van der Waals surface area contributed by atoms with Gasteiger partial charge in [-0.1, -0.05) is 33.9 Å². The Bertz CT molecular complexity index is 219. The van der Waals surface area contributed by atoms with Crippen molar-refractivity contribution in [2.75, 3.05) is 20.1 Å². The molecule has 0 aromatic rings. The van der Waals surface area contributed by atoms with Crippen molar-refractivity contribution in [2.45, 2.75) is 40.0 Å². The molecular formula is C14H28N2. The minimum Gasteiger partial charge on any atom is -0.389 e. The van der Waals surface area contributed by atoms with Crippen molar-refractivity contribution in [3.8, 4) is 0 Å². The molecule has 0 aliphatic carbocycles. The third kappa shape index (κ3) is 6.54. The summed E-state index contributed by atoms with van der Waals surface area (Å²) in [6.45, 7) is 16.6. The maximum atomic E-state index is 4.02. The summed E-state index contributed by atoms with van der Waals surface area (Å²) in [6.07, 6.45) is 3.43. The second kappa shape index (κ2) is 8.26. The third-order valence-corrected chi connectivity index (χ3v) is 2.92. The van der Waals surface area contributed by atoms with Gasteiger partial charge < -0.3 is 10.2 Å². The van der Waals surface area contributed by atoms with E-state index in [-0.39, 0.29) is 0 Å². The fourth-order valence-corrected chi connectivity index (χ4v) is 1.36. The van der Waals surface area contributed by atoms with Gasteiger partial charge in [0.15, 0.2) is 0 Å². The lowest BCUT2D eigenvalue weighted by atomic mass is 10.1. The molecule has 94 valence electrons. The van der Waals surface area contributed by atoms with Gasteiger partial charge in [0.2, 0.25) is 0 Å². The lowest BCUT2D eigenvalue weighted by Crippen LogP contribution is -2.21. The minimum atomic E-state index is 0.530. The topological polar surface area (TPSA) is 15.3 Å². The monoisotopic (exact) mass is 224 g/mol. The van der Waals surface area contributed by atoms with Crippen LogP contribution in [-0.2, 0) is 0 Å². The normalized spacial score (nSPS) is 10.3. The van der Waals surface area contributed by atoms with E-state index in [1.54, 1.807) is 0 Å². The molecule has 0 aromatic heterocycles. The van der Waals surface area contributed by atoms with Crippen molar-refractivity contribution >= 4 is 0 Å². The third-order valence-electron chi connectivity index (χ3n) is 2.92.